The maximum absolute atomic E-state index is 11.2. The molecule has 0 aliphatic heterocycles. The van der Waals surface area contributed by atoms with Crippen molar-refractivity contribution in [2.45, 2.75) is 17.5 Å². The molecule has 0 aliphatic rings. The fourth-order valence-electron chi connectivity index (χ4n) is 2.52. The molecule has 3 rings (SSSR count). The van der Waals surface area contributed by atoms with Gasteiger partial charge < -0.3 is 4.74 Å². The van der Waals surface area contributed by atoms with Gasteiger partial charge in [0.2, 0.25) is 0 Å². The highest BCUT2D eigenvalue weighted by Crippen LogP contribution is 2.31. The van der Waals surface area contributed by atoms with Crippen LogP contribution in [0.1, 0.15) is 5.56 Å². The summed E-state index contributed by atoms with van der Waals surface area (Å²) in [5, 5.41) is 20.4. The van der Waals surface area contributed by atoms with Gasteiger partial charge in [-0.25, -0.2) is 0 Å². The standard InChI is InChI=1S/C18H17N5O3S/c1-3-10-22-17(14-6-8-19-9-7-14)20-21-18(22)27-12-13-4-5-16(26-2)15(11-13)23(24)25/h3-9,11H,1,10,12H2,2H3. The van der Waals surface area contributed by atoms with Crippen molar-refractivity contribution in [2.75, 3.05) is 7.11 Å². The molecule has 0 saturated heterocycles. The lowest BCUT2D eigenvalue weighted by atomic mass is 10.2. The molecule has 2 heterocycles. The van der Waals surface area contributed by atoms with Crippen molar-refractivity contribution < 1.29 is 9.66 Å². The number of aromatic nitrogens is 4. The van der Waals surface area contributed by atoms with Crippen LogP contribution in [0.3, 0.4) is 0 Å². The summed E-state index contributed by atoms with van der Waals surface area (Å²) in [4.78, 5) is 14.8. The van der Waals surface area contributed by atoms with Crippen molar-refractivity contribution >= 4 is 17.4 Å². The van der Waals surface area contributed by atoms with Gasteiger partial charge in [-0.3, -0.25) is 19.7 Å². The van der Waals surface area contributed by atoms with E-state index in [1.807, 2.05) is 16.7 Å². The summed E-state index contributed by atoms with van der Waals surface area (Å²) in [7, 11) is 1.41. The zero-order chi connectivity index (χ0) is 19.2. The Labute approximate surface area is 160 Å². The molecule has 1 aromatic carbocycles. The average molecular weight is 383 g/mol. The molecule has 2 aromatic heterocycles. The van der Waals surface area contributed by atoms with E-state index in [0.717, 1.165) is 17.0 Å². The van der Waals surface area contributed by atoms with Gasteiger partial charge in [-0.2, -0.15) is 0 Å². The van der Waals surface area contributed by atoms with Crippen LogP contribution in [-0.2, 0) is 12.3 Å². The summed E-state index contributed by atoms with van der Waals surface area (Å²) >= 11 is 1.45. The number of methoxy groups -OCH3 is 1. The molecule has 0 saturated carbocycles. The van der Waals surface area contributed by atoms with E-state index in [2.05, 4.69) is 21.8 Å². The molecule has 27 heavy (non-hydrogen) atoms. The number of benzene rings is 1. The predicted octanol–water partition coefficient (Wildman–Crippen LogP) is 3.74. The van der Waals surface area contributed by atoms with Crippen molar-refractivity contribution in [3.63, 3.8) is 0 Å². The van der Waals surface area contributed by atoms with E-state index in [1.54, 1.807) is 30.6 Å². The summed E-state index contributed by atoms with van der Waals surface area (Å²) in [5.41, 5.74) is 1.65. The van der Waals surface area contributed by atoms with E-state index in [9.17, 15) is 10.1 Å². The topological polar surface area (TPSA) is 96.0 Å². The summed E-state index contributed by atoms with van der Waals surface area (Å²) in [6.45, 7) is 4.34. The van der Waals surface area contributed by atoms with Crippen molar-refractivity contribution in [2.24, 2.45) is 0 Å². The lowest BCUT2D eigenvalue weighted by Crippen LogP contribution is -2.01. The number of rotatable bonds is 8. The first kappa shape index (κ1) is 18.6. The molecular formula is C18H17N5O3S. The summed E-state index contributed by atoms with van der Waals surface area (Å²) in [6.07, 6.45) is 5.17. The van der Waals surface area contributed by atoms with E-state index >= 15 is 0 Å². The van der Waals surface area contributed by atoms with Crippen LogP contribution in [-0.4, -0.2) is 31.8 Å². The molecule has 0 radical (unpaired) electrons. The average Bonchev–Trinajstić information content (AvgIpc) is 3.09. The Kier molecular flexibility index (Phi) is 5.82. The third-order valence-electron chi connectivity index (χ3n) is 3.77. The van der Waals surface area contributed by atoms with Crippen LogP contribution in [0.15, 0.2) is 60.5 Å². The first-order valence-corrected chi connectivity index (χ1v) is 9.01. The number of pyridine rings is 1. The Morgan fingerprint density at radius 2 is 2.07 bits per heavy atom. The second kappa shape index (κ2) is 8.45. The zero-order valence-electron chi connectivity index (χ0n) is 14.6. The SMILES string of the molecule is C=CCn1c(SCc2ccc(OC)c([N+](=O)[O-])c2)nnc1-c1ccncc1. The molecular weight excluding hydrogens is 366 g/mol. The van der Waals surface area contributed by atoms with E-state index in [-0.39, 0.29) is 11.4 Å². The van der Waals surface area contributed by atoms with E-state index in [4.69, 9.17) is 4.74 Å². The Morgan fingerprint density at radius 3 is 2.74 bits per heavy atom. The van der Waals surface area contributed by atoms with Gasteiger partial charge in [0.1, 0.15) is 0 Å². The number of nitrogens with zero attached hydrogens (tertiary/aromatic N) is 5. The Morgan fingerprint density at radius 1 is 1.30 bits per heavy atom. The summed E-state index contributed by atoms with van der Waals surface area (Å²) in [5.74, 6) is 1.47. The van der Waals surface area contributed by atoms with Crippen molar-refractivity contribution in [3.8, 4) is 17.1 Å². The molecule has 0 amide bonds. The molecule has 3 aromatic rings. The minimum absolute atomic E-state index is 0.0550. The van der Waals surface area contributed by atoms with Gasteiger partial charge >= 0.3 is 5.69 Å². The maximum Gasteiger partial charge on any atom is 0.311 e. The van der Waals surface area contributed by atoms with Crippen LogP contribution >= 0.6 is 11.8 Å². The van der Waals surface area contributed by atoms with Gasteiger partial charge in [-0.05, 0) is 23.8 Å². The number of thioether (sulfide) groups is 1. The van der Waals surface area contributed by atoms with Gasteiger partial charge in [0.05, 0.1) is 12.0 Å². The third kappa shape index (κ3) is 4.14. The number of allylic oxidation sites excluding steroid dienone is 1. The zero-order valence-corrected chi connectivity index (χ0v) is 15.4. The lowest BCUT2D eigenvalue weighted by molar-refractivity contribution is -0.385. The van der Waals surface area contributed by atoms with E-state index < -0.39 is 4.92 Å². The Hall–Kier alpha value is -3.20. The highest BCUT2D eigenvalue weighted by Gasteiger charge is 2.17. The predicted molar refractivity (Wildman–Crippen MR) is 103 cm³/mol. The molecule has 0 atom stereocenters. The van der Waals surface area contributed by atoms with Crippen LogP contribution in [0.25, 0.3) is 11.4 Å². The van der Waals surface area contributed by atoms with E-state index in [1.165, 1.54) is 24.9 Å². The highest BCUT2D eigenvalue weighted by molar-refractivity contribution is 7.98. The second-order valence-corrected chi connectivity index (χ2v) is 6.44. The lowest BCUT2D eigenvalue weighted by Gasteiger charge is -2.08. The molecule has 9 heteroatoms. The fourth-order valence-corrected chi connectivity index (χ4v) is 3.41. The normalized spacial score (nSPS) is 10.6. The van der Waals surface area contributed by atoms with Crippen LogP contribution < -0.4 is 4.74 Å². The molecule has 0 aliphatic carbocycles. The first-order valence-electron chi connectivity index (χ1n) is 8.02. The smallest absolute Gasteiger partial charge is 0.311 e. The molecule has 0 spiro atoms. The van der Waals surface area contributed by atoms with Crippen LogP contribution in [0.2, 0.25) is 0 Å². The maximum atomic E-state index is 11.2. The molecule has 0 unspecified atom stereocenters. The van der Waals surface area contributed by atoms with Gasteiger partial charge in [-0.15, -0.1) is 16.8 Å². The number of nitro groups is 1. The number of nitro benzene ring substituents is 1. The number of hydrogen-bond donors (Lipinski definition) is 0. The fraction of sp³-hybridized carbons (Fsp3) is 0.167. The number of ether oxygens (including phenoxy) is 1. The van der Waals surface area contributed by atoms with Gasteiger partial charge in [0.25, 0.3) is 0 Å². The quantitative estimate of drug-likeness (QED) is 0.253. The van der Waals surface area contributed by atoms with Crippen LogP contribution in [0, 0.1) is 10.1 Å². The molecule has 138 valence electrons. The van der Waals surface area contributed by atoms with Crippen molar-refractivity contribution in [1.82, 2.24) is 19.7 Å². The third-order valence-corrected chi connectivity index (χ3v) is 4.81. The first-order chi connectivity index (χ1) is 13.1. The van der Waals surface area contributed by atoms with Gasteiger partial charge in [0, 0.05) is 36.3 Å². The minimum atomic E-state index is -0.450. The van der Waals surface area contributed by atoms with Crippen LogP contribution in [0.5, 0.6) is 5.75 Å². The number of hydrogen-bond acceptors (Lipinski definition) is 7. The van der Waals surface area contributed by atoms with Crippen molar-refractivity contribution in [3.05, 3.63) is 71.1 Å². The Balaban J connectivity index is 1.84. The highest BCUT2D eigenvalue weighted by atomic mass is 32.2. The molecule has 0 fully saturated rings. The van der Waals surface area contributed by atoms with Crippen molar-refractivity contribution in [1.29, 1.82) is 0 Å². The minimum Gasteiger partial charge on any atom is -0.490 e. The Bertz CT molecular complexity index is 959. The van der Waals surface area contributed by atoms with Crippen LogP contribution in [0.4, 0.5) is 5.69 Å². The summed E-state index contributed by atoms with van der Waals surface area (Å²) < 4.78 is 6.99. The van der Waals surface area contributed by atoms with E-state index in [0.29, 0.717) is 17.5 Å². The summed E-state index contributed by atoms with van der Waals surface area (Å²) in [6, 6.07) is 8.65. The van der Waals surface area contributed by atoms with Gasteiger partial charge in [0.15, 0.2) is 16.7 Å². The molecule has 8 nitrogen and oxygen atoms in total. The monoisotopic (exact) mass is 383 g/mol. The largest absolute Gasteiger partial charge is 0.490 e. The second-order valence-electron chi connectivity index (χ2n) is 5.49. The molecule has 0 bridgehead atoms. The molecule has 0 N–H and O–H groups in total. The van der Waals surface area contributed by atoms with Gasteiger partial charge in [-0.1, -0.05) is 23.9 Å².